The fourth-order valence-electron chi connectivity index (χ4n) is 2.87. The Kier molecular flexibility index (Phi) is 9.79. The number of benzene rings is 2. The van der Waals surface area contributed by atoms with Crippen molar-refractivity contribution in [2.45, 2.75) is 48.4 Å². The average Bonchev–Trinajstić information content (AvgIpc) is 2.71. The third kappa shape index (κ3) is 7.50. The molecular weight excluding hydrogens is 518 g/mol. The Labute approximate surface area is 187 Å². The fraction of sp³-hybridized carbons (Fsp3) is 0.364. The summed E-state index contributed by atoms with van der Waals surface area (Å²) in [5.41, 5.74) is 0.817. The summed E-state index contributed by atoms with van der Waals surface area (Å²) in [5.74, 6) is -0.901. The van der Waals surface area contributed by atoms with Crippen molar-refractivity contribution in [3.8, 4) is 0 Å². The zero-order valence-corrected chi connectivity index (χ0v) is 21.1. The Hall–Kier alpha value is -1.24. The van der Waals surface area contributed by atoms with Crippen LogP contribution >= 0.6 is 23.2 Å². The second-order valence-electron chi connectivity index (χ2n) is 6.91. The standard InChI is InChI=1S/2C7H5ClO2.2C4H9.Sn/c2*8-6-3-1-5(2-4-6)7(9)10;2*1-3-4-2;/h2*1-4H,(H,9,10);2*1,3-4H2,2H3;/q;;;;+2/p-2. The quantitative estimate of drug-likeness (QED) is 0.301. The maximum absolute atomic E-state index is 12.8. The SMILES string of the molecule is CCC[CH2][Sn]([CH2]CCC)([O]C(=O)c1ccc(Cl)cc1)[O]C(=O)c1ccc(Cl)cc1. The summed E-state index contributed by atoms with van der Waals surface area (Å²) in [7, 11) is 0. The van der Waals surface area contributed by atoms with Crippen LogP contribution in [0, 0.1) is 0 Å². The molecule has 0 aliphatic rings. The molecule has 0 saturated heterocycles. The van der Waals surface area contributed by atoms with Crippen molar-refractivity contribution in [1.29, 1.82) is 0 Å². The zero-order chi connectivity index (χ0) is 21.3. The van der Waals surface area contributed by atoms with Gasteiger partial charge in [-0.05, 0) is 0 Å². The van der Waals surface area contributed by atoms with Gasteiger partial charge in [-0.25, -0.2) is 0 Å². The van der Waals surface area contributed by atoms with Gasteiger partial charge in [0, 0.05) is 0 Å². The molecule has 0 radical (unpaired) electrons. The Morgan fingerprint density at radius 1 is 0.724 bits per heavy atom. The first-order valence-electron chi connectivity index (χ1n) is 9.87. The predicted octanol–water partition coefficient (Wildman–Crippen LogP) is 7.05. The maximum atomic E-state index is 12.8. The summed E-state index contributed by atoms with van der Waals surface area (Å²) in [4.78, 5) is 25.7. The van der Waals surface area contributed by atoms with Gasteiger partial charge in [0.15, 0.2) is 0 Å². The first-order valence-corrected chi connectivity index (χ1v) is 17.0. The van der Waals surface area contributed by atoms with Crippen LogP contribution in [0.4, 0.5) is 0 Å². The van der Waals surface area contributed by atoms with Crippen molar-refractivity contribution in [2.24, 2.45) is 0 Å². The molecule has 0 atom stereocenters. The molecule has 2 aromatic carbocycles. The molecule has 0 unspecified atom stereocenters. The van der Waals surface area contributed by atoms with Crippen LogP contribution in [0.1, 0.15) is 60.2 Å². The normalized spacial score (nSPS) is 11.2. The Morgan fingerprint density at radius 2 is 1.07 bits per heavy atom. The van der Waals surface area contributed by atoms with E-state index in [0.29, 0.717) is 30.0 Å². The molecule has 0 N–H and O–H groups in total. The summed E-state index contributed by atoms with van der Waals surface area (Å²) in [5, 5.41) is 1.09. The second kappa shape index (κ2) is 11.8. The van der Waals surface area contributed by atoms with E-state index >= 15 is 0 Å². The third-order valence-corrected chi connectivity index (χ3v) is 14.6. The van der Waals surface area contributed by atoms with Crippen LogP contribution < -0.4 is 0 Å². The molecule has 4 nitrogen and oxygen atoms in total. The van der Waals surface area contributed by atoms with Gasteiger partial charge in [-0.2, -0.15) is 0 Å². The van der Waals surface area contributed by atoms with Crippen molar-refractivity contribution in [1.82, 2.24) is 0 Å². The van der Waals surface area contributed by atoms with Gasteiger partial charge >= 0.3 is 188 Å². The zero-order valence-electron chi connectivity index (χ0n) is 16.8. The molecule has 0 bridgehead atoms. The summed E-state index contributed by atoms with van der Waals surface area (Å²) in [6, 6.07) is 13.1. The van der Waals surface area contributed by atoms with E-state index in [9.17, 15) is 9.59 Å². The van der Waals surface area contributed by atoms with Crippen molar-refractivity contribution in [3.63, 3.8) is 0 Å². The van der Waals surface area contributed by atoms with Gasteiger partial charge < -0.3 is 0 Å². The monoisotopic (exact) mass is 544 g/mol. The molecule has 0 amide bonds. The number of rotatable bonds is 10. The van der Waals surface area contributed by atoms with Crippen molar-refractivity contribution < 1.29 is 15.7 Å². The van der Waals surface area contributed by atoms with Crippen molar-refractivity contribution >= 4 is 54.3 Å². The van der Waals surface area contributed by atoms with Gasteiger partial charge in [-0.1, -0.05) is 0 Å². The second-order valence-corrected chi connectivity index (χ2v) is 17.0. The van der Waals surface area contributed by atoms with Crippen LogP contribution in [0.5, 0.6) is 0 Å². The van der Waals surface area contributed by atoms with E-state index in [4.69, 9.17) is 29.4 Å². The fourth-order valence-corrected chi connectivity index (χ4v) is 12.8. The number of carbonyl (C=O) groups excluding carboxylic acids is 2. The van der Waals surface area contributed by atoms with Crippen LogP contribution in [-0.2, 0) is 6.15 Å². The van der Waals surface area contributed by atoms with Crippen LogP contribution in [0.25, 0.3) is 0 Å². The molecule has 2 rings (SSSR count). The third-order valence-electron chi connectivity index (χ3n) is 4.54. The Morgan fingerprint density at radius 3 is 1.38 bits per heavy atom. The van der Waals surface area contributed by atoms with Gasteiger partial charge in [-0.3, -0.25) is 0 Å². The molecule has 0 spiro atoms. The van der Waals surface area contributed by atoms with Crippen LogP contribution in [-0.4, -0.2) is 31.1 Å². The van der Waals surface area contributed by atoms with Gasteiger partial charge in [0.05, 0.1) is 0 Å². The molecule has 0 aromatic heterocycles. The number of unbranched alkanes of at least 4 members (excludes halogenated alkanes) is 2. The predicted molar refractivity (Wildman–Crippen MR) is 119 cm³/mol. The van der Waals surface area contributed by atoms with Crippen molar-refractivity contribution in [2.75, 3.05) is 0 Å². The van der Waals surface area contributed by atoms with Gasteiger partial charge in [0.2, 0.25) is 0 Å². The van der Waals surface area contributed by atoms with E-state index in [-0.39, 0.29) is 0 Å². The molecule has 0 aliphatic heterocycles. The van der Waals surface area contributed by atoms with Crippen LogP contribution in [0.15, 0.2) is 48.5 Å². The van der Waals surface area contributed by atoms with Crippen LogP contribution in [0.3, 0.4) is 0 Å². The molecule has 0 fully saturated rings. The number of hydrogen-bond acceptors (Lipinski definition) is 4. The topological polar surface area (TPSA) is 52.6 Å². The first-order chi connectivity index (χ1) is 13.9. The van der Waals surface area contributed by atoms with E-state index < -0.39 is 31.1 Å². The van der Waals surface area contributed by atoms with Gasteiger partial charge in [0.1, 0.15) is 0 Å². The van der Waals surface area contributed by atoms with E-state index in [1.54, 1.807) is 48.5 Å². The van der Waals surface area contributed by atoms with Gasteiger partial charge in [0.25, 0.3) is 0 Å². The molecule has 0 aliphatic carbocycles. The summed E-state index contributed by atoms with van der Waals surface area (Å²) in [6.45, 7) is 4.14. The minimum absolute atomic E-state index is 0.408. The molecule has 7 heteroatoms. The van der Waals surface area contributed by atoms with Crippen LogP contribution in [0.2, 0.25) is 18.9 Å². The molecule has 0 saturated carbocycles. The minimum atomic E-state index is -4.04. The van der Waals surface area contributed by atoms with E-state index in [1.165, 1.54) is 0 Å². The molecule has 2 aromatic rings. The molecule has 0 heterocycles. The first kappa shape index (κ1) is 24.0. The number of halogens is 2. The Balaban J connectivity index is 2.28. The summed E-state index contributed by atoms with van der Waals surface area (Å²) < 4.78 is 13.4. The van der Waals surface area contributed by atoms with E-state index in [1.807, 2.05) is 0 Å². The average molecular weight is 544 g/mol. The molecule has 156 valence electrons. The van der Waals surface area contributed by atoms with Gasteiger partial charge in [-0.15, -0.1) is 0 Å². The molecule has 29 heavy (non-hydrogen) atoms. The number of carbonyl (C=O) groups is 2. The summed E-state index contributed by atoms with van der Waals surface area (Å²) >= 11 is 7.79. The van der Waals surface area contributed by atoms with Crippen molar-refractivity contribution in [3.05, 3.63) is 69.7 Å². The van der Waals surface area contributed by atoms with E-state index in [2.05, 4.69) is 13.8 Å². The molecular formula is C22H26Cl2O4Sn. The summed E-state index contributed by atoms with van der Waals surface area (Å²) in [6.07, 6.45) is 3.56. The van der Waals surface area contributed by atoms with E-state index in [0.717, 1.165) is 25.7 Å². The number of hydrogen-bond donors (Lipinski definition) is 0. The Bertz CT molecular complexity index is 737.